The highest BCUT2D eigenvalue weighted by molar-refractivity contribution is 5.86. The van der Waals surface area contributed by atoms with E-state index in [0.29, 0.717) is 11.0 Å². The maximum Gasteiger partial charge on any atom is 0.335 e. The molecule has 0 radical (unpaired) electrons. The van der Waals surface area contributed by atoms with E-state index in [1.807, 2.05) is 0 Å². The number of ether oxygens (including phenoxy) is 2. The van der Waals surface area contributed by atoms with Crippen molar-refractivity contribution in [3.05, 3.63) is 12.2 Å². The third-order valence-electron chi connectivity index (χ3n) is 5.69. The van der Waals surface area contributed by atoms with Crippen molar-refractivity contribution in [2.24, 2.45) is 16.7 Å². The molecule has 2 aliphatic carbocycles. The van der Waals surface area contributed by atoms with Gasteiger partial charge in [0.1, 0.15) is 0 Å². The summed E-state index contributed by atoms with van der Waals surface area (Å²) >= 11 is 0. The minimum Gasteiger partial charge on any atom is -0.433 e. The third-order valence-corrected chi connectivity index (χ3v) is 5.69. The zero-order valence-electron chi connectivity index (χ0n) is 12.8. The smallest absolute Gasteiger partial charge is 0.335 e. The maximum atomic E-state index is 11.5. The van der Waals surface area contributed by atoms with E-state index in [1.165, 1.54) is 12.8 Å². The van der Waals surface area contributed by atoms with Crippen LogP contribution in [0.15, 0.2) is 12.2 Å². The van der Waals surface area contributed by atoms with Gasteiger partial charge in [-0.2, -0.15) is 0 Å². The number of fused-ring (bicyclic) bond motifs is 2. The Balaban J connectivity index is 1.98. The largest absolute Gasteiger partial charge is 0.433 e. The first-order chi connectivity index (χ1) is 8.68. The number of rotatable bonds is 4. The molecular weight excluding hydrogens is 240 g/mol. The first kappa shape index (κ1) is 14.6. The lowest BCUT2D eigenvalue weighted by atomic mass is 9.70. The van der Waals surface area contributed by atoms with Gasteiger partial charge in [-0.05, 0) is 49.9 Å². The van der Waals surface area contributed by atoms with Crippen LogP contribution in [-0.4, -0.2) is 18.4 Å². The van der Waals surface area contributed by atoms with Crippen LogP contribution < -0.4 is 0 Å². The van der Waals surface area contributed by atoms with Crippen LogP contribution in [0.1, 0.15) is 53.9 Å². The fourth-order valence-corrected chi connectivity index (χ4v) is 3.85. The second-order valence-electron chi connectivity index (χ2n) is 6.99. The Morgan fingerprint density at radius 2 is 2.00 bits per heavy atom. The normalized spacial score (nSPS) is 37.1. The van der Waals surface area contributed by atoms with Gasteiger partial charge in [0.05, 0.1) is 6.10 Å². The van der Waals surface area contributed by atoms with Crippen molar-refractivity contribution in [3.8, 4) is 0 Å². The fraction of sp³-hybridized carbons (Fsp3) is 0.812. The quantitative estimate of drug-likeness (QED) is 0.442. The molecule has 2 bridgehead atoms. The van der Waals surface area contributed by atoms with E-state index in [4.69, 9.17) is 9.47 Å². The Labute approximate surface area is 116 Å². The number of hydrogen-bond donors (Lipinski definition) is 0. The van der Waals surface area contributed by atoms with Crippen molar-refractivity contribution in [3.63, 3.8) is 0 Å². The van der Waals surface area contributed by atoms with E-state index in [-0.39, 0.29) is 17.5 Å². The highest BCUT2D eigenvalue weighted by atomic mass is 16.7. The van der Waals surface area contributed by atoms with Crippen LogP contribution in [0.25, 0.3) is 0 Å². The van der Waals surface area contributed by atoms with E-state index < -0.39 is 6.29 Å². The molecule has 0 amide bonds. The van der Waals surface area contributed by atoms with E-state index in [0.717, 1.165) is 12.3 Å². The van der Waals surface area contributed by atoms with Gasteiger partial charge in [0, 0.05) is 5.57 Å². The monoisotopic (exact) mass is 266 g/mol. The van der Waals surface area contributed by atoms with Gasteiger partial charge < -0.3 is 9.47 Å². The molecule has 0 spiro atoms. The number of carbonyl (C=O) groups is 1. The summed E-state index contributed by atoms with van der Waals surface area (Å²) in [6.07, 6.45) is 3.27. The van der Waals surface area contributed by atoms with E-state index >= 15 is 0 Å². The molecule has 108 valence electrons. The van der Waals surface area contributed by atoms with Crippen molar-refractivity contribution >= 4 is 5.97 Å². The summed E-state index contributed by atoms with van der Waals surface area (Å²) in [4.78, 5) is 11.5. The molecule has 4 atom stereocenters. The predicted octanol–water partition coefficient (Wildman–Crippen LogP) is 3.68. The lowest BCUT2D eigenvalue weighted by Gasteiger charge is -2.39. The van der Waals surface area contributed by atoms with Crippen molar-refractivity contribution in [2.75, 3.05) is 0 Å². The summed E-state index contributed by atoms with van der Waals surface area (Å²) in [5.74, 6) is 0.353. The standard InChI is InChI=1S/C16H26O3/c1-10(2)14(17)19-11(3)18-13-9-12-7-8-16(13,6)15(12,4)5/h11-13H,1,7-9H2,2-6H3. The lowest BCUT2D eigenvalue weighted by Crippen LogP contribution is -2.39. The molecule has 0 aromatic rings. The second kappa shape index (κ2) is 4.62. The molecule has 3 heteroatoms. The number of hydrogen-bond acceptors (Lipinski definition) is 3. The van der Waals surface area contributed by atoms with Crippen molar-refractivity contribution in [1.29, 1.82) is 0 Å². The van der Waals surface area contributed by atoms with Gasteiger partial charge in [0.15, 0.2) is 0 Å². The van der Waals surface area contributed by atoms with Crippen LogP contribution in [0.4, 0.5) is 0 Å². The fourth-order valence-electron chi connectivity index (χ4n) is 3.85. The first-order valence-corrected chi connectivity index (χ1v) is 7.20. The first-order valence-electron chi connectivity index (χ1n) is 7.20. The summed E-state index contributed by atoms with van der Waals surface area (Å²) in [6, 6.07) is 0. The van der Waals surface area contributed by atoms with E-state index in [9.17, 15) is 4.79 Å². The van der Waals surface area contributed by atoms with Crippen LogP contribution in [-0.2, 0) is 14.3 Å². The lowest BCUT2D eigenvalue weighted by molar-refractivity contribution is -0.195. The van der Waals surface area contributed by atoms with Crippen molar-refractivity contribution in [2.45, 2.75) is 66.3 Å². The zero-order valence-corrected chi connectivity index (χ0v) is 12.8. The SMILES string of the molecule is C=C(C)C(=O)OC(C)OC1CC2CCC1(C)C2(C)C. The molecule has 4 unspecified atom stereocenters. The minimum atomic E-state index is -0.499. The van der Waals surface area contributed by atoms with Gasteiger partial charge in [-0.15, -0.1) is 0 Å². The average molecular weight is 266 g/mol. The Morgan fingerprint density at radius 1 is 1.37 bits per heavy atom. The van der Waals surface area contributed by atoms with Crippen LogP contribution in [0.5, 0.6) is 0 Å². The Bertz CT molecular complexity index is 399. The van der Waals surface area contributed by atoms with Crippen molar-refractivity contribution < 1.29 is 14.3 Å². The molecule has 0 aromatic heterocycles. The molecule has 19 heavy (non-hydrogen) atoms. The zero-order chi connectivity index (χ0) is 14.4. The number of carbonyl (C=O) groups excluding carboxylic acids is 1. The molecule has 0 heterocycles. The van der Waals surface area contributed by atoms with Gasteiger partial charge in [-0.25, -0.2) is 4.79 Å². The summed E-state index contributed by atoms with van der Waals surface area (Å²) in [6.45, 7) is 14.0. The molecule has 2 fully saturated rings. The topological polar surface area (TPSA) is 35.5 Å². The van der Waals surface area contributed by atoms with Crippen LogP contribution in [0.3, 0.4) is 0 Å². The predicted molar refractivity (Wildman–Crippen MR) is 74.5 cm³/mol. The van der Waals surface area contributed by atoms with Crippen LogP contribution in [0.2, 0.25) is 0 Å². The van der Waals surface area contributed by atoms with Gasteiger partial charge in [-0.1, -0.05) is 27.4 Å². The summed E-state index contributed by atoms with van der Waals surface area (Å²) in [7, 11) is 0. The molecule has 0 N–H and O–H groups in total. The molecule has 0 aromatic carbocycles. The maximum absolute atomic E-state index is 11.5. The van der Waals surface area contributed by atoms with Crippen LogP contribution in [0, 0.1) is 16.7 Å². The third kappa shape index (κ3) is 2.22. The summed E-state index contributed by atoms with van der Waals surface area (Å²) < 4.78 is 11.3. The summed E-state index contributed by atoms with van der Waals surface area (Å²) in [5, 5.41) is 0. The Morgan fingerprint density at radius 3 is 2.42 bits per heavy atom. The van der Waals surface area contributed by atoms with Gasteiger partial charge >= 0.3 is 5.97 Å². The molecule has 2 saturated carbocycles. The number of esters is 1. The molecule has 3 nitrogen and oxygen atoms in total. The minimum absolute atomic E-state index is 0.189. The van der Waals surface area contributed by atoms with Crippen LogP contribution >= 0.6 is 0 Å². The Kier molecular flexibility index (Phi) is 3.54. The summed E-state index contributed by atoms with van der Waals surface area (Å²) in [5.41, 5.74) is 0.923. The Hall–Kier alpha value is -0.830. The van der Waals surface area contributed by atoms with Crippen molar-refractivity contribution in [1.82, 2.24) is 0 Å². The highest BCUT2D eigenvalue weighted by Gasteiger charge is 2.62. The average Bonchev–Trinajstić information content (AvgIpc) is 2.61. The molecule has 2 aliphatic rings. The van der Waals surface area contributed by atoms with E-state index in [2.05, 4.69) is 27.4 Å². The highest BCUT2D eigenvalue weighted by Crippen LogP contribution is 2.66. The molecule has 2 rings (SSSR count). The molecular formula is C16H26O3. The molecule has 0 aliphatic heterocycles. The van der Waals surface area contributed by atoms with Gasteiger partial charge in [-0.3, -0.25) is 0 Å². The van der Waals surface area contributed by atoms with E-state index in [1.54, 1.807) is 13.8 Å². The molecule has 0 saturated heterocycles. The van der Waals surface area contributed by atoms with Gasteiger partial charge in [0.2, 0.25) is 6.29 Å². The van der Waals surface area contributed by atoms with Gasteiger partial charge in [0.25, 0.3) is 0 Å². The second-order valence-corrected chi connectivity index (χ2v) is 6.99.